The SMILES string of the molecule is Cc1cc(C(=O)N[C@H]2CCCNC2=O)nc(-n2ccnc2)c1. The second kappa shape index (κ2) is 5.97. The number of aromatic nitrogens is 3. The molecule has 2 aromatic rings. The van der Waals surface area contributed by atoms with Gasteiger partial charge in [0.1, 0.15) is 23.9 Å². The molecule has 0 saturated carbocycles. The molecule has 3 heterocycles. The van der Waals surface area contributed by atoms with Crippen molar-refractivity contribution in [2.45, 2.75) is 25.8 Å². The molecule has 0 bridgehead atoms. The number of pyridine rings is 1. The molecule has 114 valence electrons. The fraction of sp³-hybridized carbons (Fsp3) is 0.333. The van der Waals surface area contributed by atoms with Crippen LogP contribution >= 0.6 is 0 Å². The van der Waals surface area contributed by atoms with Crippen LogP contribution in [0.1, 0.15) is 28.9 Å². The Bertz CT molecular complexity index is 696. The third-order valence-electron chi connectivity index (χ3n) is 3.55. The highest BCUT2D eigenvalue weighted by molar-refractivity contribution is 5.96. The molecule has 7 nitrogen and oxygen atoms in total. The van der Waals surface area contributed by atoms with Crippen molar-refractivity contribution >= 4 is 11.8 Å². The minimum Gasteiger partial charge on any atom is -0.354 e. The molecule has 2 aromatic heterocycles. The maximum absolute atomic E-state index is 12.4. The topological polar surface area (TPSA) is 88.9 Å². The van der Waals surface area contributed by atoms with Gasteiger partial charge in [0.25, 0.3) is 5.91 Å². The lowest BCUT2D eigenvalue weighted by molar-refractivity contribution is -0.124. The van der Waals surface area contributed by atoms with Gasteiger partial charge in [0.2, 0.25) is 5.91 Å². The molecule has 1 saturated heterocycles. The Balaban J connectivity index is 1.81. The minimum absolute atomic E-state index is 0.137. The van der Waals surface area contributed by atoms with Gasteiger partial charge in [-0.1, -0.05) is 0 Å². The monoisotopic (exact) mass is 299 g/mol. The van der Waals surface area contributed by atoms with E-state index in [-0.39, 0.29) is 11.8 Å². The summed E-state index contributed by atoms with van der Waals surface area (Å²) in [7, 11) is 0. The van der Waals surface area contributed by atoms with Crippen LogP contribution in [0.5, 0.6) is 0 Å². The number of piperidine rings is 1. The van der Waals surface area contributed by atoms with Crippen LogP contribution < -0.4 is 10.6 Å². The van der Waals surface area contributed by atoms with E-state index < -0.39 is 6.04 Å². The molecule has 1 fully saturated rings. The predicted octanol–water partition coefficient (Wildman–Crippen LogP) is 0.584. The highest BCUT2D eigenvalue weighted by Gasteiger charge is 2.24. The summed E-state index contributed by atoms with van der Waals surface area (Å²) in [5.74, 6) is 0.143. The van der Waals surface area contributed by atoms with Crippen molar-refractivity contribution in [3.05, 3.63) is 42.1 Å². The summed E-state index contributed by atoms with van der Waals surface area (Å²) in [6.45, 7) is 2.56. The number of nitrogens with one attached hydrogen (secondary N) is 2. The van der Waals surface area contributed by atoms with Gasteiger partial charge < -0.3 is 10.6 Å². The fourth-order valence-corrected chi connectivity index (χ4v) is 2.43. The Morgan fingerprint density at radius 3 is 3.05 bits per heavy atom. The number of hydrogen-bond donors (Lipinski definition) is 2. The highest BCUT2D eigenvalue weighted by Crippen LogP contribution is 2.11. The van der Waals surface area contributed by atoms with Gasteiger partial charge in [-0.05, 0) is 37.5 Å². The Morgan fingerprint density at radius 1 is 1.45 bits per heavy atom. The number of carbonyl (C=O) groups excluding carboxylic acids is 2. The normalized spacial score (nSPS) is 17.9. The first-order valence-electron chi connectivity index (χ1n) is 7.19. The lowest BCUT2D eigenvalue weighted by atomic mass is 10.1. The molecule has 2 amide bonds. The molecule has 0 aliphatic carbocycles. The molecule has 3 rings (SSSR count). The number of amides is 2. The van der Waals surface area contributed by atoms with Crippen molar-refractivity contribution in [3.8, 4) is 5.82 Å². The van der Waals surface area contributed by atoms with Crippen molar-refractivity contribution < 1.29 is 9.59 Å². The first-order valence-corrected chi connectivity index (χ1v) is 7.19. The van der Waals surface area contributed by atoms with Crippen LogP contribution in [-0.4, -0.2) is 38.9 Å². The lowest BCUT2D eigenvalue weighted by Crippen LogP contribution is -2.50. The summed E-state index contributed by atoms with van der Waals surface area (Å²) in [6, 6.07) is 3.09. The summed E-state index contributed by atoms with van der Waals surface area (Å²) < 4.78 is 1.73. The standard InChI is InChI=1S/C15H17N5O2/c1-10-7-12(18-13(8-10)20-6-5-16-9-20)15(22)19-11-3-2-4-17-14(11)21/h5-9,11H,2-4H2,1H3,(H,17,21)(H,19,22)/t11-/m0/s1. The van der Waals surface area contributed by atoms with Crippen LogP contribution in [0.4, 0.5) is 0 Å². The predicted molar refractivity (Wildman–Crippen MR) is 79.6 cm³/mol. The number of imidazole rings is 1. The van der Waals surface area contributed by atoms with Crippen LogP contribution in [0, 0.1) is 6.92 Å². The number of nitrogens with zero attached hydrogens (tertiary/aromatic N) is 3. The Morgan fingerprint density at radius 2 is 2.32 bits per heavy atom. The van der Waals surface area contributed by atoms with Crippen molar-refractivity contribution in [1.82, 2.24) is 25.2 Å². The van der Waals surface area contributed by atoms with Crippen LogP contribution in [0.15, 0.2) is 30.9 Å². The van der Waals surface area contributed by atoms with E-state index in [2.05, 4.69) is 20.6 Å². The Kier molecular flexibility index (Phi) is 3.86. The van der Waals surface area contributed by atoms with E-state index in [1.54, 1.807) is 29.4 Å². The molecule has 1 aliphatic heterocycles. The highest BCUT2D eigenvalue weighted by atomic mass is 16.2. The molecule has 7 heteroatoms. The van der Waals surface area contributed by atoms with Gasteiger partial charge in [0.15, 0.2) is 0 Å². The van der Waals surface area contributed by atoms with Crippen molar-refractivity contribution in [1.29, 1.82) is 0 Å². The molecular formula is C15H17N5O2. The molecule has 2 N–H and O–H groups in total. The minimum atomic E-state index is -0.486. The second-order valence-corrected chi connectivity index (χ2v) is 5.32. The van der Waals surface area contributed by atoms with Gasteiger partial charge in [0, 0.05) is 18.9 Å². The van der Waals surface area contributed by atoms with Crippen LogP contribution in [0.2, 0.25) is 0 Å². The summed E-state index contributed by atoms with van der Waals surface area (Å²) in [6.07, 6.45) is 6.54. The summed E-state index contributed by atoms with van der Waals surface area (Å²) in [5.41, 5.74) is 1.21. The van der Waals surface area contributed by atoms with E-state index in [1.807, 2.05) is 13.0 Å². The maximum Gasteiger partial charge on any atom is 0.270 e. The lowest BCUT2D eigenvalue weighted by Gasteiger charge is -2.22. The second-order valence-electron chi connectivity index (χ2n) is 5.32. The van der Waals surface area contributed by atoms with Crippen molar-refractivity contribution in [2.75, 3.05) is 6.54 Å². The summed E-state index contributed by atoms with van der Waals surface area (Å²) >= 11 is 0. The third kappa shape index (κ3) is 2.98. The quantitative estimate of drug-likeness (QED) is 0.868. The van der Waals surface area contributed by atoms with E-state index in [9.17, 15) is 9.59 Å². The number of aryl methyl sites for hydroxylation is 1. The van der Waals surface area contributed by atoms with Crippen LogP contribution in [0.3, 0.4) is 0 Å². The Hall–Kier alpha value is -2.70. The van der Waals surface area contributed by atoms with Crippen LogP contribution in [-0.2, 0) is 4.79 Å². The smallest absolute Gasteiger partial charge is 0.270 e. The van der Waals surface area contributed by atoms with Gasteiger partial charge in [0.05, 0.1) is 0 Å². The maximum atomic E-state index is 12.4. The van der Waals surface area contributed by atoms with Gasteiger partial charge in [-0.2, -0.15) is 0 Å². The molecule has 22 heavy (non-hydrogen) atoms. The molecule has 0 aromatic carbocycles. The number of carbonyl (C=O) groups is 2. The van der Waals surface area contributed by atoms with Gasteiger partial charge >= 0.3 is 0 Å². The van der Waals surface area contributed by atoms with Gasteiger partial charge in [-0.3, -0.25) is 14.2 Å². The summed E-state index contributed by atoms with van der Waals surface area (Å²) in [5, 5.41) is 5.49. The first kappa shape index (κ1) is 14.2. The average Bonchev–Trinajstić information content (AvgIpc) is 3.03. The van der Waals surface area contributed by atoms with Crippen molar-refractivity contribution in [2.24, 2.45) is 0 Å². The van der Waals surface area contributed by atoms with E-state index >= 15 is 0 Å². The largest absolute Gasteiger partial charge is 0.354 e. The molecule has 1 aliphatic rings. The van der Waals surface area contributed by atoms with E-state index in [1.165, 1.54) is 0 Å². The zero-order valence-electron chi connectivity index (χ0n) is 12.2. The van der Waals surface area contributed by atoms with Crippen molar-refractivity contribution in [3.63, 3.8) is 0 Å². The average molecular weight is 299 g/mol. The van der Waals surface area contributed by atoms with Gasteiger partial charge in [-0.25, -0.2) is 9.97 Å². The fourth-order valence-electron chi connectivity index (χ4n) is 2.43. The number of hydrogen-bond acceptors (Lipinski definition) is 4. The number of rotatable bonds is 3. The van der Waals surface area contributed by atoms with E-state index in [0.717, 1.165) is 12.0 Å². The molecule has 1 atom stereocenters. The Labute approximate surface area is 127 Å². The molecule has 0 radical (unpaired) electrons. The van der Waals surface area contributed by atoms with E-state index in [0.29, 0.717) is 24.5 Å². The molecule has 0 spiro atoms. The zero-order chi connectivity index (χ0) is 15.5. The molecular weight excluding hydrogens is 282 g/mol. The van der Waals surface area contributed by atoms with E-state index in [4.69, 9.17) is 0 Å². The third-order valence-corrected chi connectivity index (χ3v) is 3.55. The summed E-state index contributed by atoms with van der Waals surface area (Å²) in [4.78, 5) is 32.4. The van der Waals surface area contributed by atoms with Gasteiger partial charge in [-0.15, -0.1) is 0 Å². The van der Waals surface area contributed by atoms with Crippen LogP contribution in [0.25, 0.3) is 5.82 Å². The first-order chi connectivity index (χ1) is 10.6. The zero-order valence-corrected chi connectivity index (χ0v) is 12.2. The molecule has 0 unspecified atom stereocenters.